The van der Waals surface area contributed by atoms with Gasteiger partial charge in [0.05, 0.1) is 16.3 Å². The van der Waals surface area contributed by atoms with E-state index in [0.717, 1.165) is 12.0 Å². The molecule has 0 fully saturated rings. The van der Waals surface area contributed by atoms with Gasteiger partial charge >= 0.3 is 0 Å². The van der Waals surface area contributed by atoms with E-state index in [4.69, 9.17) is 33.8 Å². The fraction of sp³-hybridized carbons (Fsp3) is 0.300. The molecule has 3 nitrogen and oxygen atoms in total. The van der Waals surface area contributed by atoms with E-state index < -0.39 is 0 Å². The van der Waals surface area contributed by atoms with Crippen molar-refractivity contribution in [1.82, 2.24) is 0 Å². The van der Waals surface area contributed by atoms with Crippen LogP contribution in [0.4, 0.5) is 0 Å². The molecule has 1 aromatic rings. The summed E-state index contributed by atoms with van der Waals surface area (Å²) in [5, 5.41) is 4.80. The number of hydrogen-bond donors (Lipinski definition) is 1. The maximum absolute atomic E-state index is 5.83. The summed E-state index contributed by atoms with van der Waals surface area (Å²) >= 11 is 11.6. The van der Waals surface area contributed by atoms with E-state index in [-0.39, 0.29) is 0 Å². The lowest BCUT2D eigenvalue weighted by molar-refractivity contribution is 0.145. The predicted molar refractivity (Wildman–Crippen MR) is 63.7 cm³/mol. The average Bonchev–Trinajstić information content (AvgIpc) is 2.23. The Bertz CT molecular complexity index is 342. The van der Waals surface area contributed by atoms with Crippen molar-refractivity contribution in [2.24, 2.45) is 10.9 Å². The first-order valence-corrected chi connectivity index (χ1v) is 5.30. The van der Waals surface area contributed by atoms with E-state index in [1.807, 2.05) is 6.07 Å². The number of nitrogens with zero attached hydrogens (tertiary/aromatic N) is 1. The Balaban J connectivity index is 2.46. The second-order valence-electron chi connectivity index (χ2n) is 2.88. The van der Waals surface area contributed by atoms with Crippen molar-refractivity contribution < 1.29 is 4.84 Å². The molecule has 0 aliphatic heterocycles. The van der Waals surface area contributed by atoms with Gasteiger partial charge in [-0.05, 0) is 30.7 Å². The molecule has 2 N–H and O–H groups in total. The summed E-state index contributed by atoms with van der Waals surface area (Å²) < 4.78 is 0. The topological polar surface area (TPSA) is 47.6 Å². The van der Waals surface area contributed by atoms with Gasteiger partial charge in [0.2, 0.25) is 0 Å². The summed E-state index contributed by atoms with van der Waals surface area (Å²) in [5.74, 6) is 0. The monoisotopic (exact) mass is 246 g/mol. The molecule has 0 aromatic heterocycles. The molecule has 0 radical (unpaired) electrons. The van der Waals surface area contributed by atoms with Crippen molar-refractivity contribution in [3.63, 3.8) is 0 Å². The average molecular weight is 247 g/mol. The molecule has 5 heteroatoms. The summed E-state index contributed by atoms with van der Waals surface area (Å²) in [7, 11) is 0. The molecule has 0 atom stereocenters. The normalized spacial score (nSPS) is 10.9. The number of halogens is 2. The molecule has 15 heavy (non-hydrogen) atoms. The molecule has 0 aliphatic carbocycles. The fourth-order valence-corrected chi connectivity index (χ4v) is 1.20. The lowest BCUT2D eigenvalue weighted by Crippen LogP contribution is -2.02. The Morgan fingerprint density at radius 2 is 2.13 bits per heavy atom. The van der Waals surface area contributed by atoms with E-state index in [1.54, 1.807) is 18.3 Å². The molecule has 0 heterocycles. The summed E-state index contributed by atoms with van der Waals surface area (Å²) in [6.07, 6.45) is 2.37. The zero-order chi connectivity index (χ0) is 11.1. The highest BCUT2D eigenvalue weighted by molar-refractivity contribution is 6.42. The smallest absolute Gasteiger partial charge is 0.118 e. The maximum atomic E-state index is 5.83. The van der Waals surface area contributed by atoms with Crippen LogP contribution >= 0.6 is 23.2 Å². The first-order chi connectivity index (χ1) is 7.24. The largest absolute Gasteiger partial charge is 0.396 e. The molecule has 0 amide bonds. The highest BCUT2D eigenvalue weighted by Crippen LogP contribution is 2.21. The predicted octanol–water partition coefficient (Wildman–Crippen LogP) is 2.69. The van der Waals surface area contributed by atoms with E-state index in [2.05, 4.69) is 5.16 Å². The zero-order valence-electron chi connectivity index (χ0n) is 8.12. The van der Waals surface area contributed by atoms with Gasteiger partial charge in [-0.3, -0.25) is 0 Å². The van der Waals surface area contributed by atoms with Crippen LogP contribution in [0.3, 0.4) is 0 Å². The van der Waals surface area contributed by atoms with E-state index in [9.17, 15) is 0 Å². The standard InChI is InChI=1S/C10H12Cl2N2O/c11-9-3-2-8(6-10(9)12)7-14-15-5-1-4-13/h2-3,6-7H,1,4-5,13H2. The van der Waals surface area contributed by atoms with Crippen LogP contribution in [0.5, 0.6) is 0 Å². The van der Waals surface area contributed by atoms with E-state index in [1.165, 1.54) is 0 Å². The van der Waals surface area contributed by atoms with Crippen molar-refractivity contribution in [2.45, 2.75) is 6.42 Å². The fourth-order valence-electron chi connectivity index (χ4n) is 0.891. The molecular weight excluding hydrogens is 235 g/mol. The van der Waals surface area contributed by atoms with E-state index >= 15 is 0 Å². The van der Waals surface area contributed by atoms with Crippen LogP contribution in [0.15, 0.2) is 23.4 Å². The lowest BCUT2D eigenvalue weighted by atomic mass is 10.2. The zero-order valence-corrected chi connectivity index (χ0v) is 9.63. The highest BCUT2D eigenvalue weighted by Gasteiger charge is 1.96. The number of nitrogens with two attached hydrogens (primary N) is 1. The molecule has 1 aromatic carbocycles. The maximum Gasteiger partial charge on any atom is 0.118 e. The molecule has 82 valence electrons. The number of hydrogen-bond acceptors (Lipinski definition) is 3. The van der Waals surface area contributed by atoms with Crippen LogP contribution in [0.25, 0.3) is 0 Å². The van der Waals surface area contributed by atoms with Crippen molar-refractivity contribution in [1.29, 1.82) is 0 Å². The Morgan fingerprint density at radius 3 is 2.80 bits per heavy atom. The summed E-state index contributed by atoms with van der Waals surface area (Å²) in [5.41, 5.74) is 6.14. The van der Waals surface area contributed by atoms with Crippen LogP contribution in [-0.2, 0) is 4.84 Å². The van der Waals surface area contributed by atoms with Gasteiger partial charge in [-0.2, -0.15) is 0 Å². The molecular formula is C10H12Cl2N2O. The molecule has 0 aliphatic rings. The van der Waals surface area contributed by atoms with Gasteiger partial charge in [-0.15, -0.1) is 0 Å². The van der Waals surface area contributed by atoms with Crippen LogP contribution in [0.2, 0.25) is 10.0 Å². The van der Waals surface area contributed by atoms with Gasteiger partial charge in [-0.25, -0.2) is 0 Å². The summed E-state index contributed by atoms with van der Waals surface area (Å²) in [6, 6.07) is 5.24. The van der Waals surface area contributed by atoms with Crippen LogP contribution in [0.1, 0.15) is 12.0 Å². The molecule has 1 rings (SSSR count). The molecule has 0 saturated heterocycles. The lowest BCUT2D eigenvalue weighted by Gasteiger charge is -1.98. The van der Waals surface area contributed by atoms with Gasteiger partial charge in [-0.1, -0.05) is 34.4 Å². The third-order valence-corrected chi connectivity index (χ3v) is 2.40. The quantitative estimate of drug-likeness (QED) is 0.494. The number of benzene rings is 1. The van der Waals surface area contributed by atoms with Gasteiger partial charge in [0.15, 0.2) is 0 Å². The van der Waals surface area contributed by atoms with Gasteiger partial charge in [0.1, 0.15) is 6.61 Å². The Hall–Kier alpha value is -0.770. The Kier molecular flexibility index (Phi) is 5.47. The Labute approximate surface area is 98.8 Å². The second-order valence-corrected chi connectivity index (χ2v) is 3.70. The Morgan fingerprint density at radius 1 is 1.33 bits per heavy atom. The van der Waals surface area contributed by atoms with Gasteiger partial charge < -0.3 is 10.6 Å². The molecule has 0 spiro atoms. The highest BCUT2D eigenvalue weighted by atomic mass is 35.5. The molecule has 0 bridgehead atoms. The van der Waals surface area contributed by atoms with E-state index in [0.29, 0.717) is 23.2 Å². The van der Waals surface area contributed by atoms with Gasteiger partial charge in [0, 0.05) is 0 Å². The number of oxime groups is 1. The van der Waals surface area contributed by atoms with Crippen molar-refractivity contribution in [3.05, 3.63) is 33.8 Å². The van der Waals surface area contributed by atoms with Gasteiger partial charge in [0.25, 0.3) is 0 Å². The SMILES string of the molecule is NCCCON=Cc1ccc(Cl)c(Cl)c1. The minimum atomic E-state index is 0.502. The third-order valence-electron chi connectivity index (χ3n) is 1.66. The second kappa shape index (κ2) is 6.67. The summed E-state index contributed by atoms with van der Waals surface area (Å²) in [4.78, 5) is 4.96. The molecule has 0 unspecified atom stereocenters. The summed E-state index contributed by atoms with van der Waals surface area (Å²) in [6.45, 7) is 1.12. The van der Waals surface area contributed by atoms with Crippen molar-refractivity contribution >= 4 is 29.4 Å². The first kappa shape index (κ1) is 12.3. The van der Waals surface area contributed by atoms with Crippen LogP contribution in [-0.4, -0.2) is 19.4 Å². The van der Waals surface area contributed by atoms with Crippen molar-refractivity contribution in [2.75, 3.05) is 13.2 Å². The first-order valence-electron chi connectivity index (χ1n) is 4.54. The van der Waals surface area contributed by atoms with Crippen molar-refractivity contribution in [3.8, 4) is 0 Å². The molecule has 0 saturated carbocycles. The third kappa shape index (κ3) is 4.51. The van der Waals surface area contributed by atoms with Crippen LogP contribution in [0, 0.1) is 0 Å². The number of rotatable bonds is 5. The minimum absolute atomic E-state index is 0.502. The minimum Gasteiger partial charge on any atom is -0.396 e. The van der Waals surface area contributed by atoms with Crippen LogP contribution < -0.4 is 5.73 Å².